The molecule has 3 aromatic rings. The minimum Gasteiger partial charge on any atom is -0.494 e. The largest absolute Gasteiger partial charge is 0.494 e. The molecule has 40 heavy (non-hydrogen) atoms. The number of sulfonamides is 1. The molecule has 9 nitrogen and oxygen atoms in total. The Morgan fingerprint density at radius 2 is 1.60 bits per heavy atom. The molecule has 3 rings (SSSR count). The smallest absolute Gasteiger partial charge is 0.264 e. The molecular weight excluding hydrogens is 532 g/mol. The number of anilines is 1. The van der Waals surface area contributed by atoms with Crippen molar-refractivity contribution in [2.45, 2.75) is 38.0 Å². The second-order valence-electron chi connectivity index (χ2n) is 8.87. The van der Waals surface area contributed by atoms with E-state index in [4.69, 9.17) is 18.9 Å². The van der Waals surface area contributed by atoms with Gasteiger partial charge < -0.3 is 24.3 Å². The summed E-state index contributed by atoms with van der Waals surface area (Å²) in [6.07, 6.45) is 2.30. The lowest BCUT2D eigenvalue weighted by atomic mass is 10.1. The highest BCUT2D eigenvalue weighted by atomic mass is 32.2. The van der Waals surface area contributed by atoms with Gasteiger partial charge in [0.25, 0.3) is 10.0 Å². The molecule has 0 radical (unpaired) electrons. The highest BCUT2D eigenvalue weighted by Crippen LogP contribution is 2.32. The Morgan fingerprint density at radius 1 is 0.875 bits per heavy atom. The second kappa shape index (κ2) is 15.0. The number of carbonyl (C=O) groups excluding carboxylic acids is 1. The van der Waals surface area contributed by atoms with E-state index >= 15 is 0 Å². The van der Waals surface area contributed by atoms with E-state index in [1.54, 1.807) is 24.3 Å². The van der Waals surface area contributed by atoms with Crippen LogP contribution in [0, 0.1) is 0 Å². The van der Waals surface area contributed by atoms with Crippen LogP contribution >= 0.6 is 0 Å². The summed E-state index contributed by atoms with van der Waals surface area (Å²) >= 11 is 0. The second-order valence-corrected chi connectivity index (χ2v) is 10.7. The molecule has 1 amide bonds. The molecule has 0 aromatic heterocycles. The molecule has 0 heterocycles. The minimum atomic E-state index is -4.14. The lowest BCUT2D eigenvalue weighted by molar-refractivity contribution is -0.119. The number of rotatable bonds is 16. The predicted molar refractivity (Wildman–Crippen MR) is 155 cm³/mol. The summed E-state index contributed by atoms with van der Waals surface area (Å²) in [5.74, 6) is 1.69. The van der Waals surface area contributed by atoms with Crippen molar-refractivity contribution in [1.82, 2.24) is 5.32 Å². The first-order chi connectivity index (χ1) is 19.3. The van der Waals surface area contributed by atoms with Crippen LogP contribution in [0.5, 0.6) is 23.0 Å². The number of carbonyl (C=O) groups is 1. The molecule has 0 saturated heterocycles. The van der Waals surface area contributed by atoms with E-state index in [1.807, 2.05) is 31.2 Å². The summed E-state index contributed by atoms with van der Waals surface area (Å²) in [6, 6.07) is 18.7. The Morgan fingerprint density at radius 3 is 2.27 bits per heavy atom. The number of benzene rings is 3. The summed E-state index contributed by atoms with van der Waals surface area (Å²) in [5.41, 5.74) is 1.40. The van der Waals surface area contributed by atoms with Gasteiger partial charge in [-0.15, -0.1) is 0 Å². The van der Waals surface area contributed by atoms with Crippen molar-refractivity contribution in [2.24, 2.45) is 0 Å². The van der Waals surface area contributed by atoms with Gasteiger partial charge in [-0.3, -0.25) is 9.10 Å². The molecule has 0 bridgehead atoms. The van der Waals surface area contributed by atoms with Crippen LogP contribution in [0.15, 0.2) is 71.6 Å². The number of aryl methyl sites for hydroxylation is 1. The molecule has 0 saturated carbocycles. The van der Waals surface area contributed by atoms with Gasteiger partial charge in [0.05, 0.1) is 38.0 Å². The van der Waals surface area contributed by atoms with Gasteiger partial charge in [0, 0.05) is 12.6 Å². The lowest BCUT2D eigenvalue weighted by Crippen LogP contribution is -2.41. The summed E-state index contributed by atoms with van der Waals surface area (Å²) in [7, 11) is -1.24. The first-order valence-electron chi connectivity index (χ1n) is 13.3. The fourth-order valence-electron chi connectivity index (χ4n) is 4.05. The number of methoxy groups -OCH3 is 2. The van der Waals surface area contributed by atoms with Gasteiger partial charge in [-0.1, -0.05) is 25.1 Å². The lowest BCUT2D eigenvalue weighted by Gasteiger charge is -2.25. The number of hydrogen-bond acceptors (Lipinski definition) is 7. The number of hydrogen-bond donors (Lipinski definition) is 1. The average molecular weight is 571 g/mol. The van der Waals surface area contributed by atoms with Gasteiger partial charge in [0.15, 0.2) is 11.5 Å². The quantitative estimate of drug-likeness (QED) is 0.246. The third-order valence-corrected chi connectivity index (χ3v) is 7.82. The van der Waals surface area contributed by atoms with E-state index in [1.165, 1.54) is 32.4 Å². The maximum atomic E-state index is 13.8. The Balaban J connectivity index is 1.76. The molecule has 3 aromatic carbocycles. The van der Waals surface area contributed by atoms with E-state index in [9.17, 15) is 13.2 Å². The summed E-state index contributed by atoms with van der Waals surface area (Å²) in [4.78, 5) is 13.0. The van der Waals surface area contributed by atoms with Gasteiger partial charge in [-0.2, -0.15) is 0 Å². The van der Waals surface area contributed by atoms with Crippen LogP contribution in [0.25, 0.3) is 0 Å². The van der Waals surface area contributed by atoms with Crippen molar-refractivity contribution in [3.8, 4) is 23.0 Å². The molecule has 0 aliphatic heterocycles. The zero-order chi connectivity index (χ0) is 29.0. The van der Waals surface area contributed by atoms with Gasteiger partial charge in [0.1, 0.15) is 18.0 Å². The molecule has 10 heteroatoms. The molecule has 216 valence electrons. The Labute approximate surface area is 237 Å². The van der Waals surface area contributed by atoms with Gasteiger partial charge in [-0.25, -0.2) is 8.42 Å². The van der Waals surface area contributed by atoms with Crippen LogP contribution in [0.1, 0.15) is 32.3 Å². The minimum absolute atomic E-state index is 0.0319. The molecule has 0 fully saturated rings. The van der Waals surface area contributed by atoms with Crippen molar-refractivity contribution >= 4 is 21.6 Å². The highest BCUT2D eigenvalue weighted by molar-refractivity contribution is 7.92. The van der Waals surface area contributed by atoms with E-state index in [-0.39, 0.29) is 10.6 Å². The van der Waals surface area contributed by atoms with E-state index in [0.29, 0.717) is 49.8 Å². The number of nitrogens with zero attached hydrogens (tertiary/aromatic N) is 1. The van der Waals surface area contributed by atoms with E-state index in [2.05, 4.69) is 12.2 Å². The maximum absolute atomic E-state index is 13.8. The van der Waals surface area contributed by atoms with Crippen LogP contribution in [-0.2, 0) is 21.2 Å². The zero-order valence-electron chi connectivity index (χ0n) is 23.5. The van der Waals surface area contributed by atoms with Crippen molar-refractivity contribution in [3.63, 3.8) is 0 Å². The standard InChI is InChI=1S/C30H38N2O7S/c1-5-20-39-27-12-8-7-10-23(27)11-9-19-31-30(33)22-32(24-13-15-25(16-14-24)38-6-2)40(34,35)26-17-18-28(36-3)29(21-26)37-4/h7-8,10,12-18,21H,5-6,9,11,19-20,22H2,1-4H3,(H,31,33). The van der Waals surface area contributed by atoms with Crippen LogP contribution in [0.3, 0.4) is 0 Å². The molecule has 0 aliphatic rings. The Kier molecular flexibility index (Phi) is 11.5. The maximum Gasteiger partial charge on any atom is 0.264 e. The molecule has 0 aliphatic carbocycles. The fraction of sp³-hybridized carbons (Fsp3) is 0.367. The number of ether oxygens (including phenoxy) is 4. The van der Waals surface area contributed by atoms with Crippen molar-refractivity contribution in [2.75, 3.05) is 44.8 Å². The van der Waals surface area contributed by atoms with Gasteiger partial charge in [-0.05, 0) is 74.2 Å². The SMILES string of the molecule is CCCOc1ccccc1CCCNC(=O)CN(c1ccc(OCC)cc1)S(=O)(=O)c1ccc(OC)c(OC)c1. The number of para-hydroxylation sites is 1. The summed E-state index contributed by atoms with van der Waals surface area (Å²) in [5, 5.41) is 2.86. The monoisotopic (exact) mass is 570 g/mol. The number of amides is 1. The van der Waals surface area contributed by atoms with Gasteiger partial charge >= 0.3 is 0 Å². The summed E-state index contributed by atoms with van der Waals surface area (Å²) in [6.45, 7) is 5.02. The van der Waals surface area contributed by atoms with E-state index < -0.39 is 22.5 Å². The van der Waals surface area contributed by atoms with Crippen molar-refractivity contribution in [1.29, 1.82) is 0 Å². The molecular formula is C30H38N2O7S. The predicted octanol–water partition coefficient (Wildman–Crippen LogP) is 4.84. The average Bonchev–Trinajstić information content (AvgIpc) is 2.97. The fourth-order valence-corrected chi connectivity index (χ4v) is 5.49. The van der Waals surface area contributed by atoms with Gasteiger partial charge in [0.2, 0.25) is 5.91 Å². The summed E-state index contributed by atoms with van der Waals surface area (Å²) < 4.78 is 50.5. The first-order valence-corrected chi connectivity index (χ1v) is 14.7. The van der Waals surface area contributed by atoms with Crippen LogP contribution in [0.2, 0.25) is 0 Å². The van der Waals surface area contributed by atoms with Crippen LogP contribution in [-0.4, -0.2) is 54.8 Å². The van der Waals surface area contributed by atoms with E-state index in [0.717, 1.165) is 22.0 Å². The van der Waals surface area contributed by atoms with Crippen molar-refractivity contribution in [3.05, 3.63) is 72.3 Å². The molecule has 1 N–H and O–H groups in total. The van der Waals surface area contributed by atoms with Crippen LogP contribution < -0.4 is 28.6 Å². The molecule has 0 unspecified atom stereocenters. The Bertz CT molecular complexity index is 1340. The third-order valence-electron chi connectivity index (χ3n) is 6.05. The number of nitrogens with one attached hydrogen (secondary N) is 1. The third kappa shape index (κ3) is 8.05. The molecule has 0 spiro atoms. The topological polar surface area (TPSA) is 103 Å². The Hall–Kier alpha value is -3.92. The van der Waals surface area contributed by atoms with Crippen molar-refractivity contribution < 1.29 is 32.2 Å². The van der Waals surface area contributed by atoms with Crippen LogP contribution in [0.4, 0.5) is 5.69 Å². The first kappa shape index (κ1) is 30.6. The zero-order valence-corrected chi connectivity index (χ0v) is 24.3. The molecule has 0 atom stereocenters. The normalized spacial score (nSPS) is 11.0. The highest BCUT2D eigenvalue weighted by Gasteiger charge is 2.28.